The van der Waals surface area contributed by atoms with E-state index >= 15 is 0 Å². The molecule has 0 aliphatic carbocycles. The maximum Gasteiger partial charge on any atom is 0.335 e. The second kappa shape index (κ2) is 5.58. The molecule has 2 rings (SSSR count). The van der Waals surface area contributed by atoms with Gasteiger partial charge in [0, 0.05) is 9.79 Å². The molecule has 2 aromatic carbocycles. The van der Waals surface area contributed by atoms with Gasteiger partial charge in [-0.3, -0.25) is 0 Å². The molecule has 96 valence electrons. The third kappa shape index (κ3) is 3.35. The highest BCUT2D eigenvalue weighted by molar-refractivity contribution is 7.99. The van der Waals surface area contributed by atoms with Crippen molar-refractivity contribution in [1.82, 2.24) is 0 Å². The zero-order chi connectivity index (χ0) is 13.8. The zero-order valence-corrected chi connectivity index (χ0v) is 10.6. The van der Waals surface area contributed by atoms with Crippen molar-refractivity contribution in [2.45, 2.75) is 9.79 Å². The lowest BCUT2D eigenvalue weighted by molar-refractivity contribution is 0.0686. The maximum absolute atomic E-state index is 10.9. The zero-order valence-electron chi connectivity index (χ0n) is 9.74. The third-order valence-electron chi connectivity index (χ3n) is 2.42. The second-order valence-corrected chi connectivity index (χ2v) is 4.91. The van der Waals surface area contributed by atoms with Gasteiger partial charge in [-0.05, 0) is 42.5 Å². The first kappa shape index (κ1) is 13.2. The molecule has 0 saturated carbocycles. The van der Waals surface area contributed by atoms with Crippen molar-refractivity contribution >= 4 is 23.7 Å². The van der Waals surface area contributed by atoms with Crippen molar-refractivity contribution in [2.24, 2.45) is 0 Å². The average molecular weight is 274 g/mol. The van der Waals surface area contributed by atoms with Crippen LogP contribution in [0.5, 0.6) is 0 Å². The van der Waals surface area contributed by atoms with Crippen LogP contribution in [0.2, 0.25) is 0 Å². The highest BCUT2D eigenvalue weighted by atomic mass is 32.2. The summed E-state index contributed by atoms with van der Waals surface area (Å²) >= 11 is 1.38. The van der Waals surface area contributed by atoms with Crippen molar-refractivity contribution in [3.05, 3.63) is 59.7 Å². The Labute approximate surface area is 113 Å². The highest BCUT2D eigenvalue weighted by Gasteiger charge is 2.05. The SMILES string of the molecule is O=C(O)c1ccc(Sc2cccc(C(=O)O)c2)cc1. The van der Waals surface area contributed by atoms with Crippen molar-refractivity contribution in [3.63, 3.8) is 0 Å². The molecule has 5 heteroatoms. The summed E-state index contributed by atoms with van der Waals surface area (Å²) in [5, 5.41) is 17.7. The van der Waals surface area contributed by atoms with Crippen molar-refractivity contribution in [3.8, 4) is 0 Å². The average Bonchev–Trinajstić information content (AvgIpc) is 2.39. The number of hydrogen-bond donors (Lipinski definition) is 2. The molecule has 0 aliphatic rings. The summed E-state index contributed by atoms with van der Waals surface area (Å²) in [6.45, 7) is 0. The molecule has 0 bridgehead atoms. The van der Waals surface area contributed by atoms with Crippen LogP contribution in [0.25, 0.3) is 0 Å². The molecule has 0 radical (unpaired) electrons. The molecule has 0 aromatic heterocycles. The predicted molar refractivity (Wildman–Crippen MR) is 70.9 cm³/mol. The Bertz CT molecular complexity index is 620. The van der Waals surface area contributed by atoms with Crippen LogP contribution in [0.4, 0.5) is 0 Å². The van der Waals surface area contributed by atoms with Gasteiger partial charge < -0.3 is 10.2 Å². The first-order chi connectivity index (χ1) is 9.06. The summed E-state index contributed by atoms with van der Waals surface area (Å²) in [5.74, 6) is -1.94. The molecule has 0 atom stereocenters. The fraction of sp³-hybridized carbons (Fsp3) is 0. The van der Waals surface area contributed by atoms with E-state index in [-0.39, 0.29) is 11.1 Å². The summed E-state index contributed by atoms with van der Waals surface area (Å²) in [4.78, 5) is 23.2. The van der Waals surface area contributed by atoms with Gasteiger partial charge in [0.2, 0.25) is 0 Å². The molecule has 2 aromatic rings. The fourth-order valence-corrected chi connectivity index (χ4v) is 2.37. The summed E-state index contributed by atoms with van der Waals surface area (Å²) in [7, 11) is 0. The van der Waals surface area contributed by atoms with Crippen LogP contribution in [0.1, 0.15) is 20.7 Å². The van der Waals surface area contributed by atoms with E-state index in [0.29, 0.717) is 0 Å². The summed E-state index contributed by atoms with van der Waals surface area (Å²) in [6, 6.07) is 13.0. The lowest BCUT2D eigenvalue weighted by Crippen LogP contribution is -1.95. The first-order valence-electron chi connectivity index (χ1n) is 5.41. The molecule has 19 heavy (non-hydrogen) atoms. The molecule has 0 saturated heterocycles. The van der Waals surface area contributed by atoms with Crippen molar-refractivity contribution < 1.29 is 19.8 Å². The van der Waals surface area contributed by atoms with Crippen molar-refractivity contribution in [2.75, 3.05) is 0 Å². The third-order valence-corrected chi connectivity index (χ3v) is 3.42. The smallest absolute Gasteiger partial charge is 0.335 e. The van der Waals surface area contributed by atoms with E-state index < -0.39 is 11.9 Å². The van der Waals surface area contributed by atoms with Crippen LogP contribution in [0.3, 0.4) is 0 Å². The Morgan fingerprint density at radius 3 is 2.00 bits per heavy atom. The lowest BCUT2D eigenvalue weighted by atomic mass is 10.2. The molecule has 0 unspecified atom stereocenters. The summed E-state index contributed by atoms with van der Waals surface area (Å²) in [6.07, 6.45) is 0. The number of benzene rings is 2. The Kier molecular flexibility index (Phi) is 3.87. The summed E-state index contributed by atoms with van der Waals surface area (Å²) in [5.41, 5.74) is 0.454. The largest absolute Gasteiger partial charge is 0.478 e. The van der Waals surface area contributed by atoms with E-state index in [1.165, 1.54) is 30.0 Å². The Morgan fingerprint density at radius 1 is 0.789 bits per heavy atom. The van der Waals surface area contributed by atoms with Crippen LogP contribution >= 0.6 is 11.8 Å². The number of carbonyl (C=O) groups is 2. The van der Waals surface area contributed by atoms with Gasteiger partial charge in [0.15, 0.2) is 0 Å². The van der Waals surface area contributed by atoms with Crippen LogP contribution in [-0.4, -0.2) is 22.2 Å². The quantitative estimate of drug-likeness (QED) is 0.895. The predicted octanol–water partition coefficient (Wildman–Crippen LogP) is 3.23. The van der Waals surface area contributed by atoms with Gasteiger partial charge in [0.1, 0.15) is 0 Å². The van der Waals surface area contributed by atoms with E-state index in [1.54, 1.807) is 24.3 Å². The fourth-order valence-electron chi connectivity index (χ4n) is 1.49. The van der Waals surface area contributed by atoms with Crippen molar-refractivity contribution in [1.29, 1.82) is 0 Å². The molecule has 0 spiro atoms. The van der Waals surface area contributed by atoms with Gasteiger partial charge in [0.05, 0.1) is 11.1 Å². The topological polar surface area (TPSA) is 74.6 Å². The standard InChI is InChI=1S/C14H10O4S/c15-13(16)9-4-6-11(7-5-9)19-12-3-1-2-10(8-12)14(17)18/h1-8H,(H,15,16)(H,17,18). The van der Waals surface area contributed by atoms with Gasteiger partial charge in [0.25, 0.3) is 0 Å². The van der Waals surface area contributed by atoms with E-state index in [1.807, 2.05) is 6.07 Å². The van der Waals surface area contributed by atoms with Gasteiger partial charge >= 0.3 is 11.9 Å². The monoisotopic (exact) mass is 274 g/mol. The van der Waals surface area contributed by atoms with Crippen LogP contribution in [0.15, 0.2) is 58.3 Å². The molecular formula is C14H10O4S. The number of carboxylic acids is 2. The first-order valence-corrected chi connectivity index (χ1v) is 6.22. The van der Waals surface area contributed by atoms with E-state index in [9.17, 15) is 9.59 Å². The minimum Gasteiger partial charge on any atom is -0.478 e. The summed E-state index contributed by atoms with van der Waals surface area (Å²) < 4.78 is 0. The van der Waals surface area contributed by atoms with Gasteiger partial charge in [-0.2, -0.15) is 0 Å². The highest BCUT2D eigenvalue weighted by Crippen LogP contribution is 2.28. The van der Waals surface area contributed by atoms with Crippen LogP contribution < -0.4 is 0 Å². The minimum atomic E-state index is -0.969. The molecular weight excluding hydrogens is 264 g/mol. The Hall–Kier alpha value is -2.27. The van der Waals surface area contributed by atoms with Gasteiger partial charge in [-0.1, -0.05) is 17.8 Å². The second-order valence-electron chi connectivity index (χ2n) is 3.76. The number of aromatic carboxylic acids is 2. The van der Waals surface area contributed by atoms with Crippen LogP contribution in [0, 0.1) is 0 Å². The number of hydrogen-bond acceptors (Lipinski definition) is 3. The van der Waals surface area contributed by atoms with E-state index in [0.717, 1.165) is 9.79 Å². The molecule has 0 fully saturated rings. The van der Waals surface area contributed by atoms with Gasteiger partial charge in [-0.25, -0.2) is 9.59 Å². The minimum absolute atomic E-state index is 0.226. The molecule has 2 N–H and O–H groups in total. The van der Waals surface area contributed by atoms with Gasteiger partial charge in [-0.15, -0.1) is 0 Å². The molecule has 4 nitrogen and oxygen atoms in total. The molecule has 0 heterocycles. The number of rotatable bonds is 4. The van der Waals surface area contributed by atoms with E-state index in [4.69, 9.17) is 10.2 Å². The molecule has 0 aliphatic heterocycles. The van der Waals surface area contributed by atoms with Crippen LogP contribution in [-0.2, 0) is 0 Å². The lowest BCUT2D eigenvalue weighted by Gasteiger charge is -2.03. The maximum atomic E-state index is 10.9. The number of carboxylic acid groups (broad SMARTS) is 2. The molecule has 0 amide bonds. The Balaban J connectivity index is 2.19. The normalized spacial score (nSPS) is 10.1. The van der Waals surface area contributed by atoms with E-state index in [2.05, 4.69) is 0 Å². The Morgan fingerprint density at radius 2 is 1.42 bits per heavy atom.